The predicted octanol–water partition coefficient (Wildman–Crippen LogP) is 2.96. The molecular formula is C16H20ClFN2O3. The Kier molecular flexibility index (Phi) is 5.24. The third-order valence-corrected chi connectivity index (χ3v) is 4.61. The van der Waals surface area contributed by atoms with E-state index in [4.69, 9.17) is 16.3 Å². The zero-order valence-corrected chi connectivity index (χ0v) is 14.0. The van der Waals surface area contributed by atoms with Gasteiger partial charge in [-0.15, -0.1) is 0 Å². The van der Waals surface area contributed by atoms with Gasteiger partial charge in [0.25, 0.3) is 5.91 Å². The lowest BCUT2D eigenvalue weighted by atomic mass is 9.71. The Hall–Kier alpha value is -1.69. The average Bonchev–Trinajstić information content (AvgIpc) is 2.55. The largest absolute Gasteiger partial charge is 0.481 e. The minimum absolute atomic E-state index is 0.173. The molecule has 1 aromatic heterocycles. The van der Waals surface area contributed by atoms with E-state index in [9.17, 15) is 14.0 Å². The number of nitrogens with one attached hydrogen (secondary N) is 1. The van der Waals surface area contributed by atoms with E-state index in [2.05, 4.69) is 10.3 Å². The normalized spacial score (nSPS) is 27.3. The van der Waals surface area contributed by atoms with Crippen LogP contribution in [0.2, 0.25) is 5.15 Å². The summed E-state index contributed by atoms with van der Waals surface area (Å²) in [4.78, 5) is 26.9. The van der Waals surface area contributed by atoms with E-state index in [1.165, 1.54) is 19.2 Å². The number of halogens is 2. The molecular weight excluding hydrogens is 323 g/mol. The van der Waals surface area contributed by atoms with Crippen LogP contribution in [-0.2, 0) is 4.79 Å². The van der Waals surface area contributed by atoms with Crippen LogP contribution < -0.4 is 10.1 Å². The number of alkyl halides is 1. The number of amides is 1. The molecule has 1 N–H and O–H groups in total. The minimum Gasteiger partial charge on any atom is -0.481 e. The highest BCUT2D eigenvalue weighted by molar-refractivity contribution is 6.29. The van der Waals surface area contributed by atoms with Gasteiger partial charge in [0.15, 0.2) is 12.0 Å². The summed E-state index contributed by atoms with van der Waals surface area (Å²) in [7, 11) is 1.44. The zero-order valence-electron chi connectivity index (χ0n) is 13.2. The standard InChI is InChI=1S/C16H20ClFN2O3/c1-15(3-5-16(18,10-21)6-4-15)9-19-14(22)11-7-12(17)20-13(8-11)23-2/h7-8,10H,3-6,9H2,1-2H3,(H,19,22). The fraction of sp³-hybridized carbons (Fsp3) is 0.562. The Morgan fingerprint density at radius 1 is 1.43 bits per heavy atom. The number of pyridine rings is 1. The maximum atomic E-state index is 13.9. The molecule has 23 heavy (non-hydrogen) atoms. The summed E-state index contributed by atoms with van der Waals surface area (Å²) in [6.45, 7) is 2.39. The van der Waals surface area contributed by atoms with E-state index in [-0.39, 0.29) is 35.2 Å². The average molecular weight is 343 g/mol. The second-order valence-corrected chi connectivity index (χ2v) is 6.75. The highest BCUT2D eigenvalue weighted by atomic mass is 35.5. The quantitative estimate of drug-likeness (QED) is 0.660. The molecule has 7 heteroatoms. The van der Waals surface area contributed by atoms with Gasteiger partial charge in [0.1, 0.15) is 5.15 Å². The Morgan fingerprint density at radius 2 is 2.09 bits per heavy atom. The van der Waals surface area contributed by atoms with Crippen LogP contribution >= 0.6 is 11.6 Å². The topological polar surface area (TPSA) is 68.3 Å². The van der Waals surface area contributed by atoms with Crippen molar-refractivity contribution in [1.82, 2.24) is 10.3 Å². The van der Waals surface area contributed by atoms with Gasteiger partial charge in [-0.3, -0.25) is 9.59 Å². The smallest absolute Gasteiger partial charge is 0.251 e. The number of aldehydes is 1. The van der Waals surface area contributed by atoms with E-state index in [0.29, 0.717) is 31.2 Å². The SMILES string of the molecule is COc1cc(C(=O)NCC2(C)CCC(F)(C=O)CC2)cc(Cl)n1. The van der Waals surface area contributed by atoms with E-state index >= 15 is 0 Å². The van der Waals surface area contributed by atoms with Crippen molar-refractivity contribution in [3.63, 3.8) is 0 Å². The van der Waals surface area contributed by atoms with Gasteiger partial charge in [-0.1, -0.05) is 18.5 Å². The van der Waals surface area contributed by atoms with Crippen molar-refractivity contribution in [2.75, 3.05) is 13.7 Å². The van der Waals surface area contributed by atoms with Crippen molar-refractivity contribution < 1.29 is 18.7 Å². The second-order valence-electron chi connectivity index (χ2n) is 6.37. The molecule has 0 atom stereocenters. The number of ether oxygens (including phenoxy) is 1. The first-order chi connectivity index (χ1) is 10.8. The van der Waals surface area contributed by atoms with Gasteiger partial charge in [0.05, 0.1) is 7.11 Å². The zero-order chi connectivity index (χ0) is 17.1. The van der Waals surface area contributed by atoms with Gasteiger partial charge < -0.3 is 10.1 Å². The summed E-state index contributed by atoms with van der Waals surface area (Å²) in [5.74, 6) is -0.0268. The fourth-order valence-corrected chi connectivity index (χ4v) is 2.87. The van der Waals surface area contributed by atoms with Crippen molar-refractivity contribution >= 4 is 23.8 Å². The van der Waals surface area contributed by atoms with Crippen molar-refractivity contribution in [2.24, 2.45) is 5.41 Å². The van der Waals surface area contributed by atoms with Crippen molar-refractivity contribution in [2.45, 2.75) is 38.3 Å². The first-order valence-corrected chi connectivity index (χ1v) is 7.82. The lowest BCUT2D eigenvalue weighted by Gasteiger charge is -2.38. The van der Waals surface area contributed by atoms with Crippen LogP contribution in [0.1, 0.15) is 43.0 Å². The first kappa shape index (κ1) is 17.7. The van der Waals surface area contributed by atoms with Gasteiger partial charge in [-0.25, -0.2) is 9.37 Å². The molecule has 0 aliphatic heterocycles. The van der Waals surface area contributed by atoms with Gasteiger partial charge in [-0.2, -0.15) is 0 Å². The number of rotatable bonds is 5. The molecule has 5 nitrogen and oxygen atoms in total. The molecule has 1 saturated carbocycles. The minimum atomic E-state index is -1.71. The van der Waals surface area contributed by atoms with Crippen LogP contribution in [0.15, 0.2) is 12.1 Å². The molecule has 1 amide bonds. The molecule has 1 aromatic rings. The molecule has 1 heterocycles. The summed E-state index contributed by atoms with van der Waals surface area (Å²) in [6.07, 6.45) is 1.87. The highest BCUT2D eigenvalue weighted by Gasteiger charge is 2.40. The maximum Gasteiger partial charge on any atom is 0.251 e. The van der Waals surface area contributed by atoms with Crippen LogP contribution in [0.25, 0.3) is 0 Å². The Bertz CT molecular complexity index is 601. The van der Waals surface area contributed by atoms with E-state index in [1.807, 2.05) is 6.92 Å². The first-order valence-electron chi connectivity index (χ1n) is 7.44. The van der Waals surface area contributed by atoms with Crippen LogP contribution in [0.4, 0.5) is 4.39 Å². The predicted molar refractivity (Wildman–Crippen MR) is 84.6 cm³/mol. The summed E-state index contributed by atoms with van der Waals surface area (Å²) in [5.41, 5.74) is -1.58. The lowest BCUT2D eigenvalue weighted by Crippen LogP contribution is -2.42. The van der Waals surface area contributed by atoms with Crippen molar-refractivity contribution in [3.8, 4) is 5.88 Å². The number of nitrogens with zero attached hydrogens (tertiary/aromatic N) is 1. The molecule has 0 unspecified atom stereocenters. The third-order valence-electron chi connectivity index (χ3n) is 4.42. The summed E-state index contributed by atoms with van der Waals surface area (Å²) in [5, 5.41) is 3.01. The lowest BCUT2D eigenvalue weighted by molar-refractivity contribution is -0.121. The fourth-order valence-electron chi connectivity index (χ4n) is 2.67. The number of carbonyl (C=O) groups is 2. The van der Waals surface area contributed by atoms with Crippen LogP contribution in [-0.4, -0.2) is 36.5 Å². The summed E-state index contributed by atoms with van der Waals surface area (Å²) in [6, 6.07) is 2.96. The van der Waals surface area contributed by atoms with Crippen molar-refractivity contribution in [1.29, 1.82) is 0 Å². The van der Waals surface area contributed by atoms with Gasteiger partial charge >= 0.3 is 0 Å². The van der Waals surface area contributed by atoms with Gasteiger partial charge in [0.2, 0.25) is 5.88 Å². The summed E-state index contributed by atoms with van der Waals surface area (Å²) < 4.78 is 18.9. The molecule has 1 fully saturated rings. The van der Waals surface area contributed by atoms with Crippen LogP contribution in [0.3, 0.4) is 0 Å². The molecule has 0 spiro atoms. The number of hydrogen-bond acceptors (Lipinski definition) is 4. The monoisotopic (exact) mass is 342 g/mol. The summed E-state index contributed by atoms with van der Waals surface area (Å²) >= 11 is 5.85. The van der Waals surface area contributed by atoms with E-state index in [0.717, 1.165) is 0 Å². The van der Waals surface area contributed by atoms with Gasteiger partial charge in [0, 0.05) is 18.2 Å². The molecule has 0 saturated heterocycles. The maximum absolute atomic E-state index is 13.9. The molecule has 0 radical (unpaired) electrons. The Morgan fingerprint density at radius 3 is 2.65 bits per heavy atom. The molecule has 0 aromatic carbocycles. The Labute approximate surface area is 139 Å². The number of methoxy groups -OCH3 is 1. The molecule has 1 aliphatic rings. The van der Waals surface area contributed by atoms with Gasteiger partial charge in [-0.05, 0) is 37.2 Å². The number of hydrogen-bond donors (Lipinski definition) is 1. The highest BCUT2D eigenvalue weighted by Crippen LogP contribution is 2.41. The van der Waals surface area contributed by atoms with E-state index in [1.54, 1.807) is 0 Å². The van der Waals surface area contributed by atoms with Crippen LogP contribution in [0, 0.1) is 5.41 Å². The third kappa shape index (κ3) is 4.41. The van der Waals surface area contributed by atoms with Crippen molar-refractivity contribution in [3.05, 3.63) is 22.8 Å². The number of aromatic nitrogens is 1. The van der Waals surface area contributed by atoms with E-state index < -0.39 is 5.67 Å². The molecule has 1 aliphatic carbocycles. The number of carbonyl (C=O) groups excluding carboxylic acids is 2. The molecule has 2 rings (SSSR count). The molecule has 126 valence electrons. The Balaban J connectivity index is 1.97. The van der Waals surface area contributed by atoms with Crippen LogP contribution in [0.5, 0.6) is 5.88 Å². The molecule has 0 bridgehead atoms. The second kappa shape index (κ2) is 6.83.